The molecule has 0 radical (unpaired) electrons. The lowest BCUT2D eigenvalue weighted by Gasteiger charge is -2.11. The topological polar surface area (TPSA) is 58.0 Å². The highest BCUT2D eigenvalue weighted by Crippen LogP contribution is 2.11. The lowest BCUT2D eigenvalue weighted by atomic mass is 10.2. The number of aromatic nitrogens is 2. The first kappa shape index (κ1) is 11.8. The van der Waals surface area contributed by atoms with E-state index in [1.54, 1.807) is 6.20 Å². The number of para-hydroxylation sites is 2. The molecule has 0 spiro atoms. The number of hydrogen-bond donors (Lipinski definition) is 2. The zero-order valence-corrected chi connectivity index (χ0v) is 9.93. The lowest BCUT2D eigenvalue weighted by Crippen LogP contribution is -2.19. The normalized spacial score (nSPS) is 12.6. The highest BCUT2D eigenvalue weighted by atomic mass is 16.3. The molecular weight excluding hydrogens is 214 g/mol. The zero-order valence-electron chi connectivity index (χ0n) is 9.93. The van der Waals surface area contributed by atoms with Crippen molar-refractivity contribution in [3.63, 3.8) is 0 Å². The van der Waals surface area contributed by atoms with E-state index in [0.717, 1.165) is 23.9 Å². The summed E-state index contributed by atoms with van der Waals surface area (Å²) in [4.78, 5) is 8.72. The van der Waals surface area contributed by atoms with E-state index in [-0.39, 0.29) is 6.10 Å². The summed E-state index contributed by atoms with van der Waals surface area (Å²) in [5.74, 6) is 0.707. The predicted molar refractivity (Wildman–Crippen MR) is 68.9 cm³/mol. The van der Waals surface area contributed by atoms with Gasteiger partial charge in [0.15, 0.2) is 0 Å². The van der Waals surface area contributed by atoms with Crippen molar-refractivity contribution < 1.29 is 5.11 Å². The summed E-state index contributed by atoms with van der Waals surface area (Å²) in [6.45, 7) is 2.57. The van der Waals surface area contributed by atoms with E-state index in [1.807, 2.05) is 24.3 Å². The van der Waals surface area contributed by atoms with Crippen LogP contribution in [0.5, 0.6) is 0 Å². The van der Waals surface area contributed by atoms with Crippen molar-refractivity contribution in [2.24, 2.45) is 0 Å². The molecule has 4 heteroatoms. The first-order valence-electron chi connectivity index (χ1n) is 5.93. The Morgan fingerprint density at radius 1 is 1.29 bits per heavy atom. The third-order valence-corrected chi connectivity index (χ3v) is 2.59. The fourth-order valence-electron chi connectivity index (χ4n) is 1.70. The quantitative estimate of drug-likeness (QED) is 0.828. The molecule has 2 rings (SSSR count). The number of aliphatic hydroxyl groups is 1. The smallest absolute Gasteiger partial charge is 0.145 e. The minimum absolute atomic E-state index is 0.326. The average molecular weight is 231 g/mol. The second-order valence-corrected chi connectivity index (χ2v) is 4.07. The van der Waals surface area contributed by atoms with Crippen LogP contribution in [0.25, 0.3) is 11.0 Å². The summed E-state index contributed by atoms with van der Waals surface area (Å²) in [6.07, 6.45) is 3.15. The highest BCUT2D eigenvalue weighted by Gasteiger charge is 2.03. The van der Waals surface area contributed by atoms with E-state index in [9.17, 15) is 5.11 Å². The SMILES string of the molecule is CCCC(O)CNc1cnc2ccccc2n1. The van der Waals surface area contributed by atoms with E-state index in [2.05, 4.69) is 22.2 Å². The third kappa shape index (κ3) is 3.14. The van der Waals surface area contributed by atoms with Gasteiger partial charge in [0.1, 0.15) is 5.82 Å². The monoisotopic (exact) mass is 231 g/mol. The van der Waals surface area contributed by atoms with Gasteiger partial charge in [0.05, 0.1) is 23.3 Å². The van der Waals surface area contributed by atoms with E-state index in [1.165, 1.54) is 0 Å². The third-order valence-electron chi connectivity index (χ3n) is 2.59. The predicted octanol–water partition coefficient (Wildman–Crippen LogP) is 2.20. The molecule has 0 fully saturated rings. The summed E-state index contributed by atoms with van der Waals surface area (Å²) >= 11 is 0. The van der Waals surface area contributed by atoms with Crippen LogP contribution in [0, 0.1) is 0 Å². The second-order valence-electron chi connectivity index (χ2n) is 4.07. The number of aliphatic hydroxyl groups excluding tert-OH is 1. The summed E-state index contributed by atoms with van der Waals surface area (Å²) in [6, 6.07) is 7.73. The van der Waals surface area contributed by atoms with Crippen LogP contribution in [0.15, 0.2) is 30.5 Å². The van der Waals surface area contributed by atoms with Crippen LogP contribution < -0.4 is 5.32 Å². The Hall–Kier alpha value is -1.68. The van der Waals surface area contributed by atoms with Crippen molar-refractivity contribution in [3.8, 4) is 0 Å². The fraction of sp³-hybridized carbons (Fsp3) is 0.385. The molecule has 2 N–H and O–H groups in total. The molecule has 0 saturated carbocycles. The maximum absolute atomic E-state index is 9.61. The van der Waals surface area contributed by atoms with Crippen LogP contribution in [0.1, 0.15) is 19.8 Å². The van der Waals surface area contributed by atoms with Gasteiger partial charge in [-0.25, -0.2) is 4.98 Å². The van der Waals surface area contributed by atoms with Crippen LogP contribution in [-0.4, -0.2) is 27.7 Å². The molecule has 0 aliphatic rings. The maximum atomic E-state index is 9.61. The van der Waals surface area contributed by atoms with Gasteiger partial charge in [-0.15, -0.1) is 0 Å². The van der Waals surface area contributed by atoms with Gasteiger partial charge >= 0.3 is 0 Å². The van der Waals surface area contributed by atoms with Gasteiger partial charge in [0.2, 0.25) is 0 Å². The van der Waals surface area contributed by atoms with Gasteiger partial charge < -0.3 is 10.4 Å². The summed E-state index contributed by atoms with van der Waals surface area (Å²) < 4.78 is 0. The number of rotatable bonds is 5. The van der Waals surface area contributed by atoms with Crippen molar-refractivity contribution >= 4 is 16.9 Å². The van der Waals surface area contributed by atoms with Crippen molar-refractivity contribution in [2.75, 3.05) is 11.9 Å². The minimum Gasteiger partial charge on any atom is -0.391 e. The molecule has 4 nitrogen and oxygen atoms in total. The zero-order chi connectivity index (χ0) is 12.1. The van der Waals surface area contributed by atoms with E-state index < -0.39 is 0 Å². The lowest BCUT2D eigenvalue weighted by molar-refractivity contribution is 0.176. The van der Waals surface area contributed by atoms with Gasteiger partial charge in [-0.05, 0) is 18.6 Å². The van der Waals surface area contributed by atoms with Crippen LogP contribution in [-0.2, 0) is 0 Å². The van der Waals surface area contributed by atoms with Crippen LogP contribution in [0.3, 0.4) is 0 Å². The van der Waals surface area contributed by atoms with Crippen LogP contribution >= 0.6 is 0 Å². The van der Waals surface area contributed by atoms with Gasteiger partial charge in [-0.3, -0.25) is 4.98 Å². The van der Waals surface area contributed by atoms with Crippen LogP contribution in [0.4, 0.5) is 5.82 Å². The number of nitrogens with zero attached hydrogens (tertiary/aromatic N) is 2. The second kappa shape index (κ2) is 5.59. The van der Waals surface area contributed by atoms with E-state index in [0.29, 0.717) is 12.4 Å². The molecular formula is C13H17N3O. The van der Waals surface area contributed by atoms with E-state index in [4.69, 9.17) is 0 Å². The molecule has 0 aliphatic heterocycles. The molecule has 2 aromatic rings. The molecule has 1 aromatic heterocycles. The van der Waals surface area contributed by atoms with Gasteiger partial charge in [0.25, 0.3) is 0 Å². The number of nitrogens with one attached hydrogen (secondary N) is 1. The molecule has 1 heterocycles. The Morgan fingerprint density at radius 3 is 2.82 bits per heavy atom. The number of fused-ring (bicyclic) bond motifs is 1. The Labute approximate surface area is 101 Å². The van der Waals surface area contributed by atoms with Gasteiger partial charge in [-0.2, -0.15) is 0 Å². The summed E-state index contributed by atoms with van der Waals surface area (Å²) in [7, 11) is 0. The maximum Gasteiger partial charge on any atom is 0.145 e. The number of anilines is 1. The molecule has 0 saturated heterocycles. The highest BCUT2D eigenvalue weighted by molar-refractivity contribution is 5.75. The molecule has 0 aliphatic carbocycles. The molecule has 17 heavy (non-hydrogen) atoms. The Bertz CT molecular complexity index is 487. The number of hydrogen-bond acceptors (Lipinski definition) is 4. The largest absolute Gasteiger partial charge is 0.391 e. The van der Waals surface area contributed by atoms with Crippen molar-refractivity contribution in [1.29, 1.82) is 0 Å². The summed E-state index contributed by atoms with van der Waals surface area (Å²) in [5, 5.41) is 12.7. The molecule has 90 valence electrons. The first-order chi connectivity index (χ1) is 8.29. The van der Waals surface area contributed by atoms with Gasteiger partial charge in [-0.1, -0.05) is 25.5 Å². The number of benzene rings is 1. The Kier molecular flexibility index (Phi) is 3.88. The molecule has 0 amide bonds. The molecule has 1 aromatic carbocycles. The van der Waals surface area contributed by atoms with Crippen molar-refractivity contribution in [1.82, 2.24) is 9.97 Å². The molecule has 1 unspecified atom stereocenters. The standard InChI is InChI=1S/C13H17N3O/c1-2-5-10(17)8-15-13-9-14-11-6-3-4-7-12(11)16-13/h3-4,6-7,9-10,17H,2,5,8H2,1H3,(H,15,16). The van der Waals surface area contributed by atoms with Crippen molar-refractivity contribution in [2.45, 2.75) is 25.9 Å². The fourth-order valence-corrected chi connectivity index (χ4v) is 1.70. The Morgan fingerprint density at radius 2 is 2.06 bits per heavy atom. The first-order valence-corrected chi connectivity index (χ1v) is 5.93. The Balaban J connectivity index is 2.04. The van der Waals surface area contributed by atoms with Crippen LogP contribution in [0.2, 0.25) is 0 Å². The molecule has 0 bridgehead atoms. The van der Waals surface area contributed by atoms with E-state index >= 15 is 0 Å². The van der Waals surface area contributed by atoms with Gasteiger partial charge in [0, 0.05) is 6.54 Å². The summed E-state index contributed by atoms with van der Waals surface area (Å²) in [5.41, 5.74) is 1.75. The average Bonchev–Trinajstić information content (AvgIpc) is 2.36. The molecule has 1 atom stereocenters. The van der Waals surface area contributed by atoms with Crippen molar-refractivity contribution in [3.05, 3.63) is 30.5 Å². The minimum atomic E-state index is -0.326.